The van der Waals surface area contributed by atoms with Crippen LogP contribution in [-0.4, -0.2) is 82.0 Å². The highest BCUT2D eigenvalue weighted by atomic mass is 127. The van der Waals surface area contributed by atoms with Crippen molar-refractivity contribution in [1.82, 2.24) is 15.1 Å². The van der Waals surface area contributed by atoms with Gasteiger partial charge >= 0.3 is 0 Å². The fourth-order valence-electron chi connectivity index (χ4n) is 4.06. The lowest BCUT2D eigenvalue weighted by molar-refractivity contribution is -0.0367. The summed E-state index contributed by atoms with van der Waals surface area (Å²) >= 11 is 6.05. The van der Waals surface area contributed by atoms with Crippen LogP contribution in [0.3, 0.4) is 0 Å². The van der Waals surface area contributed by atoms with Crippen molar-refractivity contribution < 1.29 is 9.47 Å². The second kappa shape index (κ2) is 13.1. The largest absolute Gasteiger partial charge is 0.376 e. The minimum atomic E-state index is 0. The summed E-state index contributed by atoms with van der Waals surface area (Å²) in [5.74, 6) is 0.961. The quantitative estimate of drug-likeness (QED) is 0.318. The van der Waals surface area contributed by atoms with Gasteiger partial charge in [0.1, 0.15) is 0 Å². The normalized spacial score (nSPS) is 21.6. The summed E-state index contributed by atoms with van der Waals surface area (Å²) < 4.78 is 11.8. The number of benzene rings is 1. The predicted molar refractivity (Wildman–Crippen MR) is 134 cm³/mol. The number of guanidine groups is 1. The Bertz CT molecular complexity index is 645. The van der Waals surface area contributed by atoms with E-state index >= 15 is 0 Å². The molecule has 2 aliphatic rings. The maximum Gasteiger partial charge on any atom is 0.193 e. The van der Waals surface area contributed by atoms with Crippen molar-refractivity contribution in [3.63, 3.8) is 0 Å². The molecule has 30 heavy (non-hydrogen) atoms. The number of hydrogen-bond donors (Lipinski definition) is 1. The van der Waals surface area contributed by atoms with Gasteiger partial charge in [-0.3, -0.25) is 4.99 Å². The van der Waals surface area contributed by atoms with Gasteiger partial charge in [0, 0.05) is 38.3 Å². The topological polar surface area (TPSA) is 49.3 Å². The summed E-state index contributed by atoms with van der Waals surface area (Å²) in [6, 6.07) is 8.33. The number of aliphatic imine (C=N–C) groups is 1. The van der Waals surface area contributed by atoms with E-state index in [-0.39, 0.29) is 30.0 Å². The van der Waals surface area contributed by atoms with Crippen molar-refractivity contribution in [2.75, 3.05) is 54.0 Å². The van der Waals surface area contributed by atoms with E-state index in [1.54, 1.807) is 0 Å². The Hall–Kier alpha value is -0.610. The lowest BCUT2D eigenvalue weighted by Crippen LogP contribution is -2.48. The van der Waals surface area contributed by atoms with Crippen LogP contribution in [0.5, 0.6) is 0 Å². The van der Waals surface area contributed by atoms with Gasteiger partial charge in [-0.25, -0.2) is 0 Å². The summed E-state index contributed by atoms with van der Waals surface area (Å²) in [6.45, 7) is 4.34. The van der Waals surface area contributed by atoms with Crippen LogP contribution in [0.4, 0.5) is 0 Å². The molecule has 0 saturated carbocycles. The molecule has 3 rings (SSSR count). The van der Waals surface area contributed by atoms with Crippen LogP contribution in [0, 0.1) is 0 Å². The molecule has 6 nitrogen and oxygen atoms in total. The predicted octanol–water partition coefficient (Wildman–Crippen LogP) is 3.80. The van der Waals surface area contributed by atoms with E-state index in [0.29, 0.717) is 12.2 Å². The summed E-state index contributed by atoms with van der Waals surface area (Å²) in [7, 11) is 6.05. The van der Waals surface area contributed by atoms with E-state index in [1.165, 1.54) is 12.0 Å². The molecule has 2 atom stereocenters. The van der Waals surface area contributed by atoms with Crippen LogP contribution in [-0.2, 0) is 9.47 Å². The zero-order valence-corrected chi connectivity index (χ0v) is 21.4. The first-order chi connectivity index (χ1) is 14.1. The lowest BCUT2D eigenvalue weighted by atomic mass is 10.1. The Labute approximate surface area is 203 Å². The molecule has 0 radical (unpaired) electrons. The summed E-state index contributed by atoms with van der Waals surface area (Å²) in [6.07, 6.45) is 4.99. The van der Waals surface area contributed by atoms with Gasteiger partial charge in [0.25, 0.3) is 0 Å². The molecule has 2 heterocycles. The van der Waals surface area contributed by atoms with E-state index < -0.39 is 0 Å². The molecule has 1 N–H and O–H groups in total. The number of piperidine rings is 1. The molecule has 1 aromatic rings. The zero-order chi connectivity index (χ0) is 20.6. The molecule has 1 aromatic carbocycles. The highest BCUT2D eigenvalue weighted by molar-refractivity contribution is 14.0. The molecule has 2 saturated heterocycles. The molecule has 2 unspecified atom stereocenters. The van der Waals surface area contributed by atoms with Crippen LogP contribution in [0.1, 0.15) is 37.3 Å². The van der Waals surface area contributed by atoms with E-state index in [9.17, 15) is 0 Å². The Balaban J connectivity index is 0.00000320. The van der Waals surface area contributed by atoms with E-state index in [2.05, 4.69) is 46.3 Å². The van der Waals surface area contributed by atoms with E-state index in [1.807, 2.05) is 19.2 Å². The Morgan fingerprint density at radius 3 is 2.53 bits per heavy atom. The number of likely N-dealkylation sites (tertiary alicyclic amines) is 1. The monoisotopic (exact) mass is 550 g/mol. The first kappa shape index (κ1) is 25.6. The first-order valence-corrected chi connectivity index (χ1v) is 11.1. The third-order valence-corrected chi connectivity index (χ3v) is 6.08. The van der Waals surface area contributed by atoms with Crippen molar-refractivity contribution in [1.29, 1.82) is 0 Å². The van der Waals surface area contributed by atoms with Gasteiger partial charge in [0.15, 0.2) is 5.96 Å². The van der Waals surface area contributed by atoms with Crippen molar-refractivity contribution >= 4 is 41.5 Å². The molecule has 0 spiro atoms. The van der Waals surface area contributed by atoms with Crippen molar-refractivity contribution in [2.45, 2.75) is 43.9 Å². The first-order valence-electron chi connectivity index (χ1n) is 10.7. The van der Waals surface area contributed by atoms with Crippen LogP contribution >= 0.6 is 35.6 Å². The van der Waals surface area contributed by atoms with Gasteiger partial charge in [-0.05, 0) is 57.5 Å². The summed E-state index contributed by atoms with van der Waals surface area (Å²) in [5, 5.41) is 4.33. The fraction of sp³-hybridized carbons (Fsp3) is 0.682. The fourth-order valence-corrected chi connectivity index (χ4v) is 4.18. The molecule has 2 fully saturated rings. The van der Waals surface area contributed by atoms with Crippen molar-refractivity contribution in [3.8, 4) is 0 Å². The Morgan fingerprint density at radius 1 is 1.27 bits per heavy atom. The second-order valence-electron chi connectivity index (χ2n) is 8.11. The molecule has 0 aliphatic carbocycles. The van der Waals surface area contributed by atoms with Gasteiger partial charge in [0.05, 0.1) is 24.9 Å². The highest BCUT2D eigenvalue weighted by Gasteiger charge is 2.25. The van der Waals surface area contributed by atoms with Crippen LogP contribution < -0.4 is 5.32 Å². The van der Waals surface area contributed by atoms with Crippen molar-refractivity contribution in [3.05, 3.63) is 34.9 Å². The second-order valence-corrected chi connectivity index (χ2v) is 8.55. The average Bonchev–Trinajstić information content (AvgIpc) is 3.25. The number of nitrogens with one attached hydrogen (secondary N) is 1. The minimum Gasteiger partial charge on any atom is -0.376 e. The highest BCUT2D eigenvalue weighted by Crippen LogP contribution is 2.21. The Morgan fingerprint density at radius 2 is 1.97 bits per heavy atom. The number of rotatable bonds is 7. The average molecular weight is 551 g/mol. The number of halogens is 2. The lowest BCUT2D eigenvalue weighted by Gasteiger charge is -2.35. The molecule has 0 aromatic heterocycles. The minimum absolute atomic E-state index is 0. The maximum absolute atomic E-state index is 6.10. The zero-order valence-electron chi connectivity index (χ0n) is 18.3. The Kier molecular flexibility index (Phi) is 11.2. The molecule has 0 amide bonds. The summed E-state index contributed by atoms with van der Waals surface area (Å²) in [5.41, 5.74) is 1.24. The van der Waals surface area contributed by atoms with Gasteiger partial charge in [-0.1, -0.05) is 23.7 Å². The number of likely N-dealkylation sites (N-methyl/N-ethyl adjacent to an activating group) is 1. The maximum atomic E-state index is 6.10. The van der Waals surface area contributed by atoms with Crippen LogP contribution in [0.15, 0.2) is 29.3 Å². The van der Waals surface area contributed by atoms with Crippen LogP contribution in [0.2, 0.25) is 5.02 Å². The van der Waals surface area contributed by atoms with Gasteiger partial charge in [-0.15, -0.1) is 24.0 Å². The molecular formula is C22H36ClIN4O2. The van der Waals surface area contributed by atoms with Gasteiger partial charge < -0.3 is 24.6 Å². The molecular weight excluding hydrogens is 515 g/mol. The SMILES string of the molecule is CN=C(NCC(c1ccc(Cl)cc1)N(C)C)N1CCC(OCC2CCCO2)CC1.I. The molecule has 0 bridgehead atoms. The van der Waals surface area contributed by atoms with Gasteiger partial charge in [-0.2, -0.15) is 0 Å². The smallest absolute Gasteiger partial charge is 0.193 e. The number of hydrogen-bond acceptors (Lipinski definition) is 4. The van der Waals surface area contributed by atoms with Crippen molar-refractivity contribution in [2.24, 2.45) is 4.99 Å². The third-order valence-electron chi connectivity index (χ3n) is 5.83. The number of nitrogens with zero attached hydrogens (tertiary/aromatic N) is 3. The summed E-state index contributed by atoms with van der Waals surface area (Å²) in [4.78, 5) is 9.07. The van der Waals surface area contributed by atoms with Crippen LogP contribution in [0.25, 0.3) is 0 Å². The van der Waals surface area contributed by atoms with E-state index in [0.717, 1.165) is 63.1 Å². The standard InChI is InChI=1S/C22H35ClN4O2.HI/c1-24-22(25-15-21(26(2)3)17-6-8-18(23)9-7-17)27-12-10-19(11-13-27)29-16-20-5-4-14-28-20;/h6-9,19-21H,4-5,10-16H2,1-3H3,(H,24,25);1H. The molecule has 2 aliphatic heterocycles. The number of ether oxygens (including phenoxy) is 2. The van der Waals surface area contributed by atoms with E-state index in [4.69, 9.17) is 21.1 Å². The van der Waals surface area contributed by atoms with Gasteiger partial charge in [0.2, 0.25) is 0 Å². The molecule has 170 valence electrons. The molecule has 8 heteroatoms. The third kappa shape index (κ3) is 7.51.